The molecule has 5 nitrogen and oxygen atoms in total. The molecular weight excluding hydrogens is 374 g/mol. The summed E-state index contributed by atoms with van der Waals surface area (Å²) in [6.45, 7) is 4.80. The van der Waals surface area contributed by atoms with Gasteiger partial charge in [-0.15, -0.1) is 0 Å². The molecule has 5 rings (SSSR count). The summed E-state index contributed by atoms with van der Waals surface area (Å²) in [7, 11) is 0. The predicted octanol–water partition coefficient (Wildman–Crippen LogP) is 4.09. The van der Waals surface area contributed by atoms with E-state index < -0.39 is 0 Å². The quantitative estimate of drug-likeness (QED) is 0.674. The fourth-order valence-corrected chi connectivity index (χ4v) is 5.04. The van der Waals surface area contributed by atoms with Crippen molar-refractivity contribution in [3.63, 3.8) is 0 Å². The molecule has 3 aromatic rings. The number of para-hydroxylation sites is 1. The molecule has 1 aromatic heterocycles. The Kier molecular flexibility index (Phi) is 5.13. The first kappa shape index (κ1) is 19.1. The van der Waals surface area contributed by atoms with Crippen molar-refractivity contribution in [1.82, 2.24) is 9.47 Å². The van der Waals surface area contributed by atoms with Gasteiger partial charge in [-0.05, 0) is 43.0 Å². The van der Waals surface area contributed by atoms with Gasteiger partial charge in [0.05, 0.1) is 0 Å². The van der Waals surface area contributed by atoms with E-state index >= 15 is 0 Å². The highest BCUT2D eigenvalue weighted by Gasteiger charge is 2.31. The SMILES string of the molecule is Oc1cc(-c2ccccc2)c(O)n1CCCN1CCN2c3ccccc3CCC2C1. The molecule has 1 fully saturated rings. The summed E-state index contributed by atoms with van der Waals surface area (Å²) >= 11 is 0. The second kappa shape index (κ2) is 8.07. The van der Waals surface area contributed by atoms with E-state index in [-0.39, 0.29) is 11.8 Å². The first-order valence-electron chi connectivity index (χ1n) is 10.9. The normalized spacial score (nSPS) is 18.8. The second-order valence-corrected chi connectivity index (χ2v) is 8.43. The molecule has 3 heterocycles. The molecule has 0 saturated carbocycles. The van der Waals surface area contributed by atoms with Gasteiger partial charge in [0.25, 0.3) is 0 Å². The Morgan fingerprint density at radius 1 is 0.900 bits per heavy atom. The summed E-state index contributed by atoms with van der Waals surface area (Å²) in [6, 6.07) is 20.8. The van der Waals surface area contributed by atoms with Crippen LogP contribution in [0.4, 0.5) is 5.69 Å². The van der Waals surface area contributed by atoms with Gasteiger partial charge < -0.3 is 15.1 Å². The number of piperazine rings is 1. The first-order chi connectivity index (χ1) is 14.7. The number of benzene rings is 2. The Morgan fingerprint density at radius 3 is 2.57 bits per heavy atom. The molecule has 0 radical (unpaired) electrons. The third kappa shape index (κ3) is 3.54. The predicted molar refractivity (Wildman–Crippen MR) is 120 cm³/mol. The lowest BCUT2D eigenvalue weighted by molar-refractivity contribution is 0.207. The molecule has 2 N–H and O–H groups in total. The van der Waals surface area contributed by atoms with Gasteiger partial charge in [-0.1, -0.05) is 48.5 Å². The van der Waals surface area contributed by atoms with Crippen molar-refractivity contribution >= 4 is 5.69 Å². The summed E-state index contributed by atoms with van der Waals surface area (Å²) in [5.74, 6) is 0.271. The Balaban J connectivity index is 1.19. The van der Waals surface area contributed by atoms with Crippen LogP contribution in [-0.2, 0) is 13.0 Å². The van der Waals surface area contributed by atoms with Gasteiger partial charge in [-0.25, -0.2) is 0 Å². The summed E-state index contributed by atoms with van der Waals surface area (Å²) in [6.07, 6.45) is 3.28. The van der Waals surface area contributed by atoms with Crippen molar-refractivity contribution in [2.75, 3.05) is 31.1 Å². The average molecular weight is 404 g/mol. The monoisotopic (exact) mass is 403 g/mol. The number of fused-ring (bicyclic) bond motifs is 3. The van der Waals surface area contributed by atoms with Crippen LogP contribution in [0.5, 0.6) is 11.8 Å². The zero-order valence-corrected chi connectivity index (χ0v) is 17.2. The Morgan fingerprint density at radius 2 is 1.70 bits per heavy atom. The molecule has 0 amide bonds. The molecule has 0 spiro atoms. The molecular formula is C25H29N3O2. The van der Waals surface area contributed by atoms with Gasteiger partial charge in [0.2, 0.25) is 5.88 Å². The first-order valence-corrected chi connectivity index (χ1v) is 10.9. The lowest BCUT2D eigenvalue weighted by atomic mass is 9.94. The minimum atomic E-state index is 0.125. The van der Waals surface area contributed by atoms with Crippen molar-refractivity contribution in [2.45, 2.75) is 31.8 Å². The minimum absolute atomic E-state index is 0.125. The van der Waals surface area contributed by atoms with Crippen molar-refractivity contribution in [1.29, 1.82) is 0 Å². The van der Waals surface area contributed by atoms with Crippen molar-refractivity contribution < 1.29 is 10.2 Å². The third-order valence-electron chi connectivity index (χ3n) is 6.60. The summed E-state index contributed by atoms with van der Waals surface area (Å²) in [4.78, 5) is 5.12. The van der Waals surface area contributed by atoms with E-state index in [1.165, 1.54) is 24.1 Å². The lowest BCUT2D eigenvalue weighted by Crippen LogP contribution is -2.55. The maximum absolute atomic E-state index is 10.6. The fourth-order valence-electron chi connectivity index (χ4n) is 5.04. The molecule has 1 saturated heterocycles. The Bertz CT molecular complexity index is 1010. The lowest BCUT2D eigenvalue weighted by Gasteiger charge is -2.46. The van der Waals surface area contributed by atoms with E-state index in [4.69, 9.17) is 0 Å². The van der Waals surface area contributed by atoms with Crippen LogP contribution in [-0.4, -0.2) is 51.9 Å². The number of anilines is 1. The average Bonchev–Trinajstić information content (AvgIpc) is 3.08. The van der Waals surface area contributed by atoms with Gasteiger partial charge in [-0.3, -0.25) is 9.47 Å². The summed E-state index contributed by atoms with van der Waals surface area (Å²) in [5.41, 5.74) is 4.50. The molecule has 2 aliphatic rings. The molecule has 5 heteroatoms. The number of hydrogen-bond donors (Lipinski definition) is 2. The van der Waals surface area contributed by atoms with E-state index in [0.29, 0.717) is 18.2 Å². The van der Waals surface area contributed by atoms with Crippen LogP contribution in [0.1, 0.15) is 18.4 Å². The van der Waals surface area contributed by atoms with Crippen LogP contribution < -0.4 is 4.90 Å². The highest BCUT2D eigenvalue weighted by Crippen LogP contribution is 2.36. The van der Waals surface area contributed by atoms with Gasteiger partial charge in [0, 0.05) is 49.5 Å². The van der Waals surface area contributed by atoms with Gasteiger partial charge in [0.15, 0.2) is 5.88 Å². The number of hydrogen-bond acceptors (Lipinski definition) is 4. The fraction of sp³-hybridized carbons (Fsp3) is 0.360. The zero-order chi connectivity index (χ0) is 20.5. The van der Waals surface area contributed by atoms with Crippen LogP contribution >= 0.6 is 0 Å². The molecule has 1 atom stereocenters. The largest absolute Gasteiger partial charge is 0.494 e. The number of aromatic nitrogens is 1. The summed E-state index contributed by atoms with van der Waals surface area (Å²) < 4.78 is 1.62. The van der Waals surface area contributed by atoms with Gasteiger partial charge in [-0.2, -0.15) is 0 Å². The van der Waals surface area contributed by atoms with E-state index in [1.807, 2.05) is 30.3 Å². The molecule has 30 heavy (non-hydrogen) atoms. The second-order valence-electron chi connectivity index (χ2n) is 8.43. The number of aromatic hydroxyl groups is 2. The van der Waals surface area contributed by atoms with E-state index in [2.05, 4.69) is 34.1 Å². The highest BCUT2D eigenvalue weighted by molar-refractivity contribution is 5.70. The van der Waals surface area contributed by atoms with Crippen molar-refractivity contribution in [3.05, 3.63) is 66.2 Å². The smallest absolute Gasteiger partial charge is 0.202 e. The standard InChI is InChI=1S/C25H29N3O2/c29-24-17-22(19-7-2-1-3-8-19)25(30)28(24)14-6-13-26-15-16-27-21(18-26)12-11-20-9-4-5-10-23(20)27/h1-5,7-10,17,21,29-30H,6,11-16,18H2. The van der Waals surface area contributed by atoms with Crippen molar-refractivity contribution in [3.8, 4) is 22.9 Å². The highest BCUT2D eigenvalue weighted by atomic mass is 16.3. The summed E-state index contributed by atoms with van der Waals surface area (Å²) in [5, 5.41) is 21.0. The maximum Gasteiger partial charge on any atom is 0.202 e. The van der Waals surface area contributed by atoms with Gasteiger partial charge in [0.1, 0.15) is 0 Å². The van der Waals surface area contributed by atoms with Crippen LogP contribution in [0, 0.1) is 0 Å². The van der Waals surface area contributed by atoms with E-state index in [0.717, 1.165) is 38.2 Å². The Labute approximate surface area is 177 Å². The third-order valence-corrected chi connectivity index (χ3v) is 6.60. The molecule has 0 aliphatic carbocycles. The maximum atomic E-state index is 10.6. The van der Waals surface area contributed by atoms with Crippen LogP contribution in [0.2, 0.25) is 0 Å². The van der Waals surface area contributed by atoms with Crippen LogP contribution in [0.15, 0.2) is 60.7 Å². The Hall–Kier alpha value is -2.92. The molecule has 2 aromatic carbocycles. The number of rotatable bonds is 5. The van der Waals surface area contributed by atoms with Crippen molar-refractivity contribution in [2.24, 2.45) is 0 Å². The molecule has 156 valence electrons. The molecule has 2 aliphatic heterocycles. The number of aryl methyl sites for hydroxylation is 1. The number of nitrogens with zero attached hydrogens (tertiary/aromatic N) is 3. The molecule has 0 bridgehead atoms. The zero-order valence-electron chi connectivity index (χ0n) is 17.2. The minimum Gasteiger partial charge on any atom is -0.494 e. The molecule has 1 unspecified atom stereocenters. The topological polar surface area (TPSA) is 51.9 Å². The van der Waals surface area contributed by atoms with Crippen LogP contribution in [0.25, 0.3) is 11.1 Å². The van der Waals surface area contributed by atoms with Crippen LogP contribution in [0.3, 0.4) is 0 Å². The van der Waals surface area contributed by atoms with E-state index in [1.54, 1.807) is 10.6 Å². The van der Waals surface area contributed by atoms with Gasteiger partial charge >= 0.3 is 0 Å². The van der Waals surface area contributed by atoms with E-state index in [9.17, 15) is 10.2 Å².